The van der Waals surface area contributed by atoms with E-state index < -0.39 is 5.60 Å². The Hall–Kier alpha value is -0.670. The molecular weight excluding hydrogens is 172 g/mol. The molecular formula is C9H12O2S. The van der Waals surface area contributed by atoms with E-state index in [2.05, 4.69) is 0 Å². The molecule has 0 bridgehead atoms. The fraction of sp³-hybridized carbons (Fsp3) is 0.444. The molecule has 0 amide bonds. The van der Waals surface area contributed by atoms with Crippen LogP contribution in [0.1, 0.15) is 18.2 Å². The summed E-state index contributed by atoms with van der Waals surface area (Å²) in [7, 11) is 0. The van der Waals surface area contributed by atoms with E-state index in [1.807, 2.05) is 17.5 Å². The highest BCUT2D eigenvalue weighted by Crippen LogP contribution is 2.15. The van der Waals surface area contributed by atoms with E-state index in [-0.39, 0.29) is 0 Å². The van der Waals surface area contributed by atoms with Gasteiger partial charge in [-0.25, -0.2) is 0 Å². The number of aliphatic hydroxyl groups is 1. The number of hydrogen-bond acceptors (Lipinski definition) is 3. The van der Waals surface area contributed by atoms with E-state index in [0.717, 1.165) is 6.42 Å². The summed E-state index contributed by atoms with van der Waals surface area (Å²) in [5.41, 5.74) is -1.16. The van der Waals surface area contributed by atoms with Gasteiger partial charge in [-0.3, -0.25) is 0 Å². The summed E-state index contributed by atoms with van der Waals surface area (Å²) < 4.78 is 0. The van der Waals surface area contributed by atoms with Crippen molar-refractivity contribution in [2.75, 3.05) is 0 Å². The van der Waals surface area contributed by atoms with Crippen LogP contribution in [0.4, 0.5) is 0 Å². The van der Waals surface area contributed by atoms with Gasteiger partial charge in [-0.2, -0.15) is 0 Å². The lowest BCUT2D eigenvalue weighted by Crippen LogP contribution is -2.26. The fourth-order valence-corrected chi connectivity index (χ4v) is 1.60. The minimum atomic E-state index is -1.16. The van der Waals surface area contributed by atoms with Crippen LogP contribution >= 0.6 is 11.3 Å². The first kappa shape index (κ1) is 9.42. The maximum absolute atomic E-state index is 10.3. The summed E-state index contributed by atoms with van der Waals surface area (Å²) in [4.78, 5) is 11.5. The molecule has 0 saturated carbocycles. The minimum absolute atomic E-state index is 0.497. The SMILES string of the molecule is CC(O)(C=O)CCc1cccs1. The molecule has 1 atom stereocenters. The Kier molecular flexibility index (Phi) is 3.00. The molecule has 0 fully saturated rings. The van der Waals surface area contributed by atoms with Gasteiger partial charge >= 0.3 is 0 Å². The lowest BCUT2D eigenvalue weighted by atomic mass is 10.0. The zero-order valence-corrected chi connectivity index (χ0v) is 7.80. The number of rotatable bonds is 4. The van der Waals surface area contributed by atoms with Gasteiger partial charge < -0.3 is 9.90 Å². The zero-order chi connectivity index (χ0) is 9.03. The molecule has 0 aliphatic heterocycles. The van der Waals surface area contributed by atoms with E-state index in [0.29, 0.717) is 12.7 Å². The van der Waals surface area contributed by atoms with E-state index in [4.69, 9.17) is 0 Å². The van der Waals surface area contributed by atoms with Gasteiger partial charge in [-0.1, -0.05) is 6.07 Å². The van der Waals surface area contributed by atoms with Crippen molar-refractivity contribution in [3.8, 4) is 0 Å². The quantitative estimate of drug-likeness (QED) is 0.722. The van der Waals surface area contributed by atoms with Crippen LogP contribution in [0.5, 0.6) is 0 Å². The van der Waals surface area contributed by atoms with Crippen LogP contribution in [0.2, 0.25) is 0 Å². The number of carbonyl (C=O) groups excluding carboxylic acids is 1. The second-order valence-electron chi connectivity index (χ2n) is 3.05. The number of thiophene rings is 1. The second-order valence-corrected chi connectivity index (χ2v) is 4.09. The predicted octanol–water partition coefficient (Wildman–Crippen LogP) is 1.63. The molecule has 0 spiro atoms. The number of aryl methyl sites for hydroxylation is 1. The molecule has 1 rings (SSSR count). The molecule has 3 heteroatoms. The van der Waals surface area contributed by atoms with Crippen LogP contribution < -0.4 is 0 Å². The van der Waals surface area contributed by atoms with Crippen LogP contribution in [-0.2, 0) is 11.2 Å². The van der Waals surface area contributed by atoms with Gasteiger partial charge in [0.15, 0.2) is 6.29 Å². The first-order valence-corrected chi connectivity index (χ1v) is 4.73. The maximum atomic E-state index is 10.3. The van der Waals surface area contributed by atoms with Gasteiger partial charge in [-0.15, -0.1) is 11.3 Å². The van der Waals surface area contributed by atoms with Gasteiger partial charge in [0.2, 0.25) is 0 Å². The molecule has 12 heavy (non-hydrogen) atoms. The molecule has 0 radical (unpaired) electrons. The lowest BCUT2D eigenvalue weighted by Gasteiger charge is -2.13. The molecule has 66 valence electrons. The lowest BCUT2D eigenvalue weighted by molar-refractivity contribution is -0.122. The van der Waals surface area contributed by atoms with Crippen molar-refractivity contribution in [2.24, 2.45) is 0 Å². The first-order chi connectivity index (χ1) is 5.64. The van der Waals surface area contributed by atoms with Crippen LogP contribution in [0.15, 0.2) is 17.5 Å². The summed E-state index contributed by atoms with van der Waals surface area (Å²) in [5, 5.41) is 11.3. The van der Waals surface area contributed by atoms with Crippen molar-refractivity contribution >= 4 is 17.6 Å². The van der Waals surface area contributed by atoms with E-state index in [1.54, 1.807) is 11.3 Å². The van der Waals surface area contributed by atoms with Crippen molar-refractivity contribution in [2.45, 2.75) is 25.4 Å². The number of hydrogen-bond donors (Lipinski definition) is 1. The third-order valence-electron chi connectivity index (χ3n) is 1.71. The van der Waals surface area contributed by atoms with E-state index in [9.17, 15) is 9.90 Å². The van der Waals surface area contributed by atoms with Crippen LogP contribution in [0.3, 0.4) is 0 Å². The van der Waals surface area contributed by atoms with Crippen LogP contribution in [0.25, 0.3) is 0 Å². The number of aldehydes is 1. The Morgan fingerprint density at radius 2 is 2.50 bits per heavy atom. The fourth-order valence-electron chi connectivity index (χ4n) is 0.890. The highest BCUT2D eigenvalue weighted by molar-refractivity contribution is 7.09. The van der Waals surface area contributed by atoms with Crippen LogP contribution in [-0.4, -0.2) is 17.0 Å². The molecule has 1 unspecified atom stereocenters. The van der Waals surface area contributed by atoms with E-state index >= 15 is 0 Å². The Bertz CT molecular complexity index is 239. The molecule has 2 nitrogen and oxygen atoms in total. The summed E-state index contributed by atoms with van der Waals surface area (Å²) in [5.74, 6) is 0. The molecule has 0 aliphatic carbocycles. The highest BCUT2D eigenvalue weighted by atomic mass is 32.1. The Balaban J connectivity index is 2.41. The Labute approximate surface area is 75.9 Å². The molecule has 0 saturated heterocycles. The normalized spacial score (nSPS) is 15.5. The molecule has 1 N–H and O–H groups in total. The predicted molar refractivity (Wildman–Crippen MR) is 49.3 cm³/mol. The second kappa shape index (κ2) is 3.83. The maximum Gasteiger partial charge on any atom is 0.151 e. The van der Waals surface area contributed by atoms with Crippen LogP contribution in [0, 0.1) is 0 Å². The Morgan fingerprint density at radius 1 is 1.75 bits per heavy atom. The van der Waals surface area contributed by atoms with Gasteiger partial charge in [0.25, 0.3) is 0 Å². The van der Waals surface area contributed by atoms with Crippen molar-refractivity contribution in [3.63, 3.8) is 0 Å². The molecule has 1 aromatic heterocycles. The zero-order valence-electron chi connectivity index (χ0n) is 6.99. The summed E-state index contributed by atoms with van der Waals surface area (Å²) in [6, 6.07) is 3.97. The molecule has 1 heterocycles. The average Bonchev–Trinajstić information content (AvgIpc) is 2.53. The topological polar surface area (TPSA) is 37.3 Å². The van der Waals surface area contributed by atoms with Crippen molar-refractivity contribution < 1.29 is 9.90 Å². The summed E-state index contributed by atoms with van der Waals surface area (Å²) in [6.07, 6.45) is 1.86. The average molecular weight is 184 g/mol. The van der Waals surface area contributed by atoms with Gasteiger partial charge in [0.1, 0.15) is 5.60 Å². The van der Waals surface area contributed by atoms with E-state index in [1.165, 1.54) is 11.8 Å². The minimum Gasteiger partial charge on any atom is -0.383 e. The molecule has 0 aliphatic rings. The molecule has 0 aromatic carbocycles. The number of carbonyl (C=O) groups is 1. The van der Waals surface area contributed by atoms with Crippen molar-refractivity contribution in [1.82, 2.24) is 0 Å². The summed E-state index contributed by atoms with van der Waals surface area (Å²) in [6.45, 7) is 1.54. The van der Waals surface area contributed by atoms with Gasteiger partial charge in [0, 0.05) is 4.88 Å². The molecule has 1 aromatic rings. The third-order valence-corrected chi connectivity index (χ3v) is 2.65. The Morgan fingerprint density at radius 3 is 3.00 bits per heavy atom. The third kappa shape index (κ3) is 2.75. The largest absolute Gasteiger partial charge is 0.383 e. The first-order valence-electron chi connectivity index (χ1n) is 3.85. The van der Waals surface area contributed by atoms with Gasteiger partial charge in [0.05, 0.1) is 0 Å². The van der Waals surface area contributed by atoms with Crippen molar-refractivity contribution in [1.29, 1.82) is 0 Å². The smallest absolute Gasteiger partial charge is 0.151 e. The van der Waals surface area contributed by atoms with Crippen molar-refractivity contribution in [3.05, 3.63) is 22.4 Å². The standard InChI is InChI=1S/C9H12O2S/c1-9(11,7-10)5-4-8-3-2-6-12-8/h2-3,6-7,11H,4-5H2,1H3. The highest BCUT2D eigenvalue weighted by Gasteiger charge is 2.18. The summed E-state index contributed by atoms with van der Waals surface area (Å²) >= 11 is 1.65. The monoisotopic (exact) mass is 184 g/mol. The van der Waals surface area contributed by atoms with Gasteiger partial charge in [-0.05, 0) is 31.2 Å².